The number of aryl methyl sites for hydroxylation is 2. The average molecular weight is 486 g/mol. The second-order valence-corrected chi connectivity index (χ2v) is 10.6. The number of fused-ring (bicyclic) bond motifs is 1. The highest BCUT2D eigenvalue weighted by molar-refractivity contribution is 5.94. The van der Waals surface area contributed by atoms with Crippen molar-refractivity contribution in [2.45, 2.75) is 60.0 Å². The molecule has 1 unspecified atom stereocenters. The summed E-state index contributed by atoms with van der Waals surface area (Å²) < 4.78 is 2.24. The third-order valence-electron chi connectivity index (χ3n) is 6.64. The van der Waals surface area contributed by atoms with Gasteiger partial charge in [0, 0.05) is 38.2 Å². The number of benzene rings is 2. The van der Waals surface area contributed by atoms with Gasteiger partial charge in [-0.2, -0.15) is 0 Å². The predicted octanol–water partition coefficient (Wildman–Crippen LogP) is 5.37. The Morgan fingerprint density at radius 1 is 1.03 bits per heavy atom. The Morgan fingerprint density at radius 3 is 2.44 bits per heavy atom. The lowest BCUT2D eigenvalue weighted by Crippen LogP contribution is -2.33. The first kappa shape index (κ1) is 25.8. The summed E-state index contributed by atoms with van der Waals surface area (Å²) in [6, 6.07) is 16.3. The highest BCUT2D eigenvalue weighted by Crippen LogP contribution is 2.23. The average Bonchev–Trinajstić information content (AvgIpc) is 3.12. The van der Waals surface area contributed by atoms with Crippen molar-refractivity contribution in [1.29, 1.82) is 0 Å². The lowest BCUT2D eigenvalue weighted by Gasteiger charge is -2.22. The van der Waals surface area contributed by atoms with Crippen LogP contribution in [0.1, 0.15) is 71.9 Å². The molecule has 0 aliphatic carbocycles. The first-order chi connectivity index (χ1) is 17.3. The molecule has 0 saturated carbocycles. The summed E-state index contributed by atoms with van der Waals surface area (Å²) in [4.78, 5) is 15.7. The number of hydrogen-bond donors (Lipinski definition) is 1. The standard InChI is InChI=1S/C30H39N5O/c1-21(2)15-27(31-30(36)26-18-22(3)16-23(4)19-26)29-33-32-28-11-12-34(13-14-35(28)29)20-24(5)17-25-9-7-6-8-10-25/h6-10,16-19,21,27H,11-15,20H2,1-5H3,(H,31,36)/b24-17+. The first-order valence-corrected chi connectivity index (χ1v) is 13.0. The zero-order chi connectivity index (χ0) is 25.7. The molecule has 0 saturated heterocycles. The molecule has 1 aliphatic rings. The number of nitrogens with one attached hydrogen (secondary N) is 1. The third-order valence-corrected chi connectivity index (χ3v) is 6.64. The highest BCUT2D eigenvalue weighted by Gasteiger charge is 2.26. The van der Waals surface area contributed by atoms with Crippen LogP contribution in [-0.2, 0) is 13.0 Å². The zero-order valence-electron chi connectivity index (χ0n) is 22.3. The van der Waals surface area contributed by atoms with Crippen molar-refractivity contribution in [3.05, 3.63) is 88.0 Å². The first-order valence-electron chi connectivity index (χ1n) is 13.0. The molecule has 4 rings (SSSR count). The van der Waals surface area contributed by atoms with Crippen LogP contribution in [0.2, 0.25) is 0 Å². The van der Waals surface area contributed by atoms with Gasteiger partial charge in [0.15, 0.2) is 5.82 Å². The van der Waals surface area contributed by atoms with Crippen molar-refractivity contribution in [3.8, 4) is 0 Å². The molecule has 0 radical (unpaired) electrons. The normalized spacial score (nSPS) is 15.4. The molecule has 1 aliphatic heterocycles. The molecule has 1 amide bonds. The Hall–Kier alpha value is -3.25. The van der Waals surface area contributed by atoms with E-state index in [0.29, 0.717) is 11.5 Å². The topological polar surface area (TPSA) is 63.1 Å². The smallest absolute Gasteiger partial charge is 0.251 e. The van der Waals surface area contributed by atoms with E-state index in [9.17, 15) is 4.79 Å². The second-order valence-electron chi connectivity index (χ2n) is 10.6. The van der Waals surface area contributed by atoms with Gasteiger partial charge in [-0.1, -0.05) is 73.0 Å². The molecular weight excluding hydrogens is 446 g/mol. The van der Waals surface area contributed by atoms with Gasteiger partial charge in [0.2, 0.25) is 0 Å². The molecule has 1 aromatic heterocycles. The van der Waals surface area contributed by atoms with Gasteiger partial charge >= 0.3 is 0 Å². The van der Waals surface area contributed by atoms with Gasteiger partial charge in [0.05, 0.1) is 6.04 Å². The van der Waals surface area contributed by atoms with Crippen molar-refractivity contribution < 1.29 is 4.79 Å². The van der Waals surface area contributed by atoms with Gasteiger partial charge in [-0.25, -0.2) is 0 Å². The van der Waals surface area contributed by atoms with Crippen LogP contribution in [-0.4, -0.2) is 45.2 Å². The van der Waals surface area contributed by atoms with Gasteiger partial charge < -0.3 is 9.88 Å². The fourth-order valence-corrected chi connectivity index (χ4v) is 5.08. The number of carbonyl (C=O) groups is 1. The van der Waals surface area contributed by atoms with Gasteiger partial charge in [0.25, 0.3) is 5.91 Å². The van der Waals surface area contributed by atoms with E-state index in [4.69, 9.17) is 0 Å². The summed E-state index contributed by atoms with van der Waals surface area (Å²) >= 11 is 0. The summed E-state index contributed by atoms with van der Waals surface area (Å²) in [5, 5.41) is 12.4. The van der Waals surface area contributed by atoms with Crippen LogP contribution < -0.4 is 5.32 Å². The Balaban J connectivity index is 1.48. The SMILES string of the molecule is C/C(=C\c1ccccc1)CN1CCc2nnc(C(CC(C)C)NC(=O)c3cc(C)cc(C)c3)n2CC1. The van der Waals surface area contributed by atoms with Gasteiger partial charge in [-0.05, 0) is 50.8 Å². The Kier molecular flexibility index (Phi) is 8.36. The van der Waals surface area contributed by atoms with Crippen molar-refractivity contribution in [2.75, 3.05) is 19.6 Å². The molecule has 36 heavy (non-hydrogen) atoms. The Morgan fingerprint density at radius 2 is 1.75 bits per heavy atom. The Bertz CT molecular complexity index is 1190. The summed E-state index contributed by atoms with van der Waals surface area (Å²) in [6.07, 6.45) is 3.93. The predicted molar refractivity (Wildman–Crippen MR) is 146 cm³/mol. The third kappa shape index (κ3) is 6.70. The zero-order valence-corrected chi connectivity index (χ0v) is 22.3. The molecule has 1 N–H and O–H groups in total. The fraction of sp³-hybridized carbons (Fsp3) is 0.433. The number of amides is 1. The minimum absolute atomic E-state index is 0.0540. The lowest BCUT2D eigenvalue weighted by atomic mass is 10.0. The largest absolute Gasteiger partial charge is 0.342 e. The van der Waals surface area contributed by atoms with Gasteiger partial charge in [0.1, 0.15) is 5.82 Å². The van der Waals surface area contributed by atoms with Crippen LogP contribution in [0.15, 0.2) is 54.1 Å². The molecule has 0 spiro atoms. The molecular formula is C30H39N5O. The molecule has 190 valence electrons. The molecule has 2 heterocycles. The quantitative estimate of drug-likeness (QED) is 0.466. The van der Waals surface area contributed by atoms with E-state index in [0.717, 1.165) is 61.8 Å². The number of aromatic nitrogens is 3. The van der Waals surface area contributed by atoms with E-state index >= 15 is 0 Å². The monoisotopic (exact) mass is 485 g/mol. The lowest BCUT2D eigenvalue weighted by molar-refractivity contribution is 0.0928. The van der Waals surface area contributed by atoms with Crippen molar-refractivity contribution in [2.24, 2.45) is 5.92 Å². The van der Waals surface area contributed by atoms with Crippen LogP contribution in [0, 0.1) is 19.8 Å². The van der Waals surface area contributed by atoms with Gasteiger partial charge in [-0.15, -0.1) is 10.2 Å². The van der Waals surface area contributed by atoms with Crippen molar-refractivity contribution in [3.63, 3.8) is 0 Å². The van der Waals surface area contributed by atoms with Crippen molar-refractivity contribution in [1.82, 2.24) is 25.0 Å². The van der Waals surface area contributed by atoms with Crippen LogP contribution in [0.25, 0.3) is 6.08 Å². The minimum atomic E-state index is -0.175. The number of nitrogens with zero attached hydrogens (tertiary/aromatic N) is 4. The summed E-state index contributed by atoms with van der Waals surface area (Å²) in [7, 11) is 0. The maximum absolute atomic E-state index is 13.2. The van der Waals surface area contributed by atoms with E-state index < -0.39 is 0 Å². The molecule has 2 aromatic carbocycles. The summed E-state index contributed by atoms with van der Waals surface area (Å²) in [5.74, 6) is 2.23. The van der Waals surface area contributed by atoms with Crippen LogP contribution in [0.3, 0.4) is 0 Å². The van der Waals surface area contributed by atoms with Crippen molar-refractivity contribution >= 4 is 12.0 Å². The van der Waals surface area contributed by atoms with Crippen LogP contribution in [0.4, 0.5) is 0 Å². The highest BCUT2D eigenvalue weighted by atomic mass is 16.1. The van der Waals surface area contributed by atoms with Crippen LogP contribution in [0.5, 0.6) is 0 Å². The van der Waals surface area contributed by atoms with Gasteiger partial charge in [-0.3, -0.25) is 9.69 Å². The van der Waals surface area contributed by atoms with Crippen LogP contribution >= 0.6 is 0 Å². The maximum Gasteiger partial charge on any atom is 0.251 e. The Labute approximate surface area is 215 Å². The van der Waals surface area contributed by atoms with E-state index in [1.165, 1.54) is 11.1 Å². The molecule has 0 bridgehead atoms. The summed E-state index contributed by atoms with van der Waals surface area (Å²) in [5.41, 5.74) is 5.46. The molecule has 1 atom stereocenters. The van der Waals surface area contributed by atoms with E-state index in [1.54, 1.807) is 0 Å². The molecule has 6 nitrogen and oxygen atoms in total. The summed E-state index contributed by atoms with van der Waals surface area (Å²) in [6.45, 7) is 14.2. The number of hydrogen-bond acceptors (Lipinski definition) is 4. The molecule has 0 fully saturated rings. The number of rotatable bonds is 8. The van der Waals surface area contributed by atoms with E-state index in [1.807, 2.05) is 32.0 Å². The molecule has 6 heteroatoms. The maximum atomic E-state index is 13.2. The minimum Gasteiger partial charge on any atom is -0.342 e. The van der Waals surface area contributed by atoms with E-state index in [-0.39, 0.29) is 11.9 Å². The fourth-order valence-electron chi connectivity index (χ4n) is 5.08. The second kappa shape index (κ2) is 11.7. The van der Waals surface area contributed by atoms with E-state index in [2.05, 4.69) is 82.2 Å². The number of carbonyl (C=O) groups excluding carboxylic acids is 1. The molecule has 3 aromatic rings.